The first-order valence-electron chi connectivity index (χ1n) is 12.8. The Morgan fingerprint density at radius 3 is 2.63 bits per heavy atom. The molecule has 4 N–H and O–H groups in total. The number of halogens is 1. The highest BCUT2D eigenvalue weighted by atomic mass is 32.2. The van der Waals surface area contributed by atoms with E-state index in [0.717, 1.165) is 34.1 Å². The predicted octanol–water partition coefficient (Wildman–Crippen LogP) is 4.63. The summed E-state index contributed by atoms with van der Waals surface area (Å²) >= 11 is 0. The van der Waals surface area contributed by atoms with Gasteiger partial charge in [-0.15, -0.1) is 0 Å². The van der Waals surface area contributed by atoms with Crippen LogP contribution in [0.4, 0.5) is 10.1 Å². The molecule has 6 rings (SSSR count). The van der Waals surface area contributed by atoms with Gasteiger partial charge in [0.05, 0.1) is 40.6 Å². The van der Waals surface area contributed by atoms with E-state index in [4.69, 9.17) is 4.98 Å². The Kier molecular flexibility index (Phi) is 6.67. The zero-order valence-corrected chi connectivity index (χ0v) is 23.2. The Morgan fingerprint density at radius 1 is 0.976 bits per heavy atom. The Balaban J connectivity index is 1.40. The Bertz CT molecular complexity index is 2020. The van der Waals surface area contributed by atoms with Crippen LogP contribution in [-0.4, -0.2) is 55.8 Å². The normalized spacial score (nSPS) is 12.0. The van der Waals surface area contributed by atoms with Gasteiger partial charge < -0.3 is 10.3 Å². The fourth-order valence-corrected chi connectivity index (χ4v) is 5.04. The lowest BCUT2D eigenvalue weighted by atomic mass is 10.1. The molecule has 0 saturated carbocycles. The lowest BCUT2D eigenvalue weighted by molar-refractivity contribution is 0.586. The topological polar surface area (TPSA) is 154 Å². The monoisotopic (exact) mass is 571 g/mol. The first-order chi connectivity index (χ1) is 19.6. The highest BCUT2D eigenvalue weighted by Crippen LogP contribution is 2.32. The van der Waals surface area contributed by atoms with Crippen molar-refractivity contribution in [3.8, 4) is 34.0 Å². The summed E-state index contributed by atoms with van der Waals surface area (Å²) in [6.07, 6.45) is 7.91. The smallest absolute Gasteiger partial charge is 0.209 e. The number of sulfonamides is 1. The van der Waals surface area contributed by atoms with Crippen LogP contribution < -0.4 is 10.0 Å². The Hall–Kier alpha value is -4.75. The van der Waals surface area contributed by atoms with E-state index in [2.05, 4.69) is 54.0 Å². The van der Waals surface area contributed by atoms with Crippen LogP contribution in [0.1, 0.15) is 19.4 Å². The number of H-pyrrole nitrogens is 2. The van der Waals surface area contributed by atoms with Gasteiger partial charge in [0.1, 0.15) is 17.0 Å². The first kappa shape index (κ1) is 26.5. The Morgan fingerprint density at radius 2 is 1.83 bits per heavy atom. The summed E-state index contributed by atoms with van der Waals surface area (Å²) in [5.41, 5.74) is 6.41. The van der Waals surface area contributed by atoms with Crippen LogP contribution in [-0.2, 0) is 16.6 Å². The fourth-order valence-electron chi connectivity index (χ4n) is 4.61. The standard InChI is InChI=1S/C28H26FN9O2S/c1-15(2)34-20-9-18(12-30-13-20)23-10-21-24(14-32-23)37-38-26(21)28-35-22-4-5-31-25(27(22)36-28)17-6-16(7-19(29)8-17)11-33-41(3,39)40/h4-10,12-15,33-34H,11H2,1-3H3,(H,35,36)(H,37,38). The van der Waals surface area contributed by atoms with Crippen molar-refractivity contribution in [1.29, 1.82) is 0 Å². The van der Waals surface area contributed by atoms with Gasteiger partial charge in [-0.3, -0.25) is 20.1 Å². The number of anilines is 1. The molecule has 208 valence electrons. The lowest BCUT2D eigenvalue weighted by Gasteiger charge is -2.10. The third-order valence-electron chi connectivity index (χ3n) is 6.33. The van der Waals surface area contributed by atoms with Crippen LogP contribution in [0.25, 0.3) is 56.0 Å². The molecular weight excluding hydrogens is 545 g/mol. The van der Waals surface area contributed by atoms with Crippen LogP contribution in [0.5, 0.6) is 0 Å². The van der Waals surface area contributed by atoms with Crippen molar-refractivity contribution in [2.24, 2.45) is 0 Å². The van der Waals surface area contributed by atoms with Gasteiger partial charge in [0.2, 0.25) is 10.0 Å². The molecule has 1 aromatic carbocycles. The molecule has 6 aromatic rings. The second-order valence-corrected chi connectivity index (χ2v) is 11.9. The molecule has 41 heavy (non-hydrogen) atoms. The van der Waals surface area contributed by atoms with Crippen molar-refractivity contribution in [2.75, 3.05) is 11.6 Å². The molecule has 5 heterocycles. The summed E-state index contributed by atoms with van der Waals surface area (Å²) in [6.45, 7) is 4.08. The highest BCUT2D eigenvalue weighted by Gasteiger charge is 2.18. The third kappa shape index (κ3) is 5.62. The molecule has 0 aliphatic carbocycles. The van der Waals surface area contributed by atoms with E-state index < -0.39 is 15.8 Å². The molecule has 0 saturated heterocycles. The maximum absolute atomic E-state index is 14.5. The van der Waals surface area contributed by atoms with Gasteiger partial charge in [-0.2, -0.15) is 5.10 Å². The number of nitrogens with zero attached hydrogens (tertiary/aromatic N) is 5. The molecule has 0 fully saturated rings. The maximum atomic E-state index is 14.5. The molecule has 13 heteroatoms. The molecule has 0 atom stereocenters. The van der Waals surface area contributed by atoms with Gasteiger partial charge in [0.25, 0.3) is 0 Å². The van der Waals surface area contributed by atoms with Crippen LogP contribution in [0.2, 0.25) is 0 Å². The number of pyridine rings is 3. The molecule has 0 amide bonds. The van der Waals surface area contributed by atoms with E-state index in [1.165, 1.54) is 12.1 Å². The number of aromatic nitrogens is 7. The highest BCUT2D eigenvalue weighted by molar-refractivity contribution is 7.88. The van der Waals surface area contributed by atoms with Crippen LogP contribution in [0.3, 0.4) is 0 Å². The summed E-state index contributed by atoms with van der Waals surface area (Å²) in [5.74, 6) is -0.00999. The second-order valence-electron chi connectivity index (χ2n) is 10.0. The first-order valence-corrected chi connectivity index (χ1v) is 14.7. The number of fused-ring (bicyclic) bond motifs is 2. The summed E-state index contributed by atoms with van der Waals surface area (Å²) in [4.78, 5) is 21.5. The SMILES string of the molecule is CC(C)Nc1cncc(-c2cc3c(-c4nc5c(-c6cc(F)cc(CNS(C)(=O)=O)c6)nccc5[nH]4)n[nH]c3cn2)c1. The molecule has 0 aliphatic rings. The summed E-state index contributed by atoms with van der Waals surface area (Å²) in [7, 11) is -3.44. The van der Waals surface area contributed by atoms with Gasteiger partial charge >= 0.3 is 0 Å². The predicted molar refractivity (Wildman–Crippen MR) is 156 cm³/mol. The lowest BCUT2D eigenvalue weighted by Crippen LogP contribution is -2.21. The molecule has 0 bridgehead atoms. The van der Waals surface area contributed by atoms with Crippen molar-refractivity contribution in [3.63, 3.8) is 0 Å². The summed E-state index contributed by atoms with van der Waals surface area (Å²) < 4.78 is 40.0. The van der Waals surface area contributed by atoms with Gasteiger partial charge in [-0.25, -0.2) is 22.5 Å². The number of imidazole rings is 1. The molecule has 11 nitrogen and oxygen atoms in total. The minimum Gasteiger partial charge on any atom is -0.382 e. The van der Waals surface area contributed by atoms with Crippen molar-refractivity contribution in [2.45, 2.75) is 26.4 Å². The summed E-state index contributed by atoms with van der Waals surface area (Å²) in [6, 6.07) is 10.3. The molecule has 0 unspecified atom stereocenters. The summed E-state index contributed by atoms with van der Waals surface area (Å²) in [5, 5.41) is 11.7. The number of nitrogens with one attached hydrogen (secondary N) is 4. The third-order valence-corrected chi connectivity index (χ3v) is 7.00. The van der Waals surface area contributed by atoms with Crippen LogP contribution in [0.15, 0.2) is 61.2 Å². The van der Waals surface area contributed by atoms with E-state index in [1.54, 1.807) is 36.9 Å². The number of aromatic amines is 2. The van der Waals surface area contributed by atoms with Gasteiger partial charge in [0.15, 0.2) is 5.82 Å². The van der Waals surface area contributed by atoms with Crippen LogP contribution >= 0.6 is 0 Å². The zero-order chi connectivity index (χ0) is 28.7. The van der Waals surface area contributed by atoms with E-state index in [0.29, 0.717) is 39.4 Å². The average Bonchev–Trinajstić information content (AvgIpc) is 3.54. The largest absolute Gasteiger partial charge is 0.382 e. The van der Waals surface area contributed by atoms with Crippen molar-refractivity contribution in [1.82, 2.24) is 39.8 Å². The van der Waals surface area contributed by atoms with Crippen molar-refractivity contribution >= 4 is 37.6 Å². The quantitative estimate of drug-likeness (QED) is 0.206. The molecule has 0 radical (unpaired) electrons. The number of benzene rings is 1. The van der Waals surface area contributed by atoms with Crippen molar-refractivity contribution < 1.29 is 12.8 Å². The number of rotatable bonds is 8. The van der Waals surface area contributed by atoms with Crippen LogP contribution in [0, 0.1) is 5.82 Å². The number of hydrogen-bond acceptors (Lipinski definition) is 8. The van der Waals surface area contributed by atoms with Gasteiger partial charge in [-0.1, -0.05) is 0 Å². The van der Waals surface area contributed by atoms with Crippen molar-refractivity contribution in [3.05, 3.63) is 72.6 Å². The van der Waals surface area contributed by atoms with E-state index >= 15 is 0 Å². The molecule has 5 aromatic heterocycles. The van der Waals surface area contributed by atoms with E-state index in [1.807, 2.05) is 12.1 Å². The minimum atomic E-state index is -3.44. The zero-order valence-electron chi connectivity index (χ0n) is 22.4. The minimum absolute atomic E-state index is 0.0486. The van der Waals surface area contributed by atoms with Gasteiger partial charge in [-0.05, 0) is 55.8 Å². The molecular formula is C28H26FN9O2S. The average molecular weight is 572 g/mol. The fraction of sp³-hybridized carbons (Fsp3) is 0.179. The van der Waals surface area contributed by atoms with Gasteiger partial charge in [0, 0.05) is 47.7 Å². The van der Waals surface area contributed by atoms with E-state index in [-0.39, 0.29) is 12.6 Å². The number of hydrogen-bond donors (Lipinski definition) is 4. The van der Waals surface area contributed by atoms with E-state index in [9.17, 15) is 12.8 Å². The maximum Gasteiger partial charge on any atom is 0.209 e. The second kappa shape index (κ2) is 10.3. The molecule has 0 aliphatic heterocycles. The molecule has 0 spiro atoms. The Labute approximate surface area is 234 Å².